The summed E-state index contributed by atoms with van der Waals surface area (Å²) in [6, 6.07) is 7.29. The van der Waals surface area contributed by atoms with E-state index in [9.17, 15) is 10.2 Å². The maximum absolute atomic E-state index is 10.2. The molecule has 3 nitrogen and oxygen atoms in total. The quantitative estimate of drug-likeness (QED) is 0.705. The first kappa shape index (κ1) is 11.4. The van der Waals surface area contributed by atoms with E-state index in [-0.39, 0.29) is 5.92 Å². The molecular formula is C13H19NO2. The predicted octanol–water partition coefficient (Wildman–Crippen LogP) is 1.30. The second kappa shape index (κ2) is 4.44. The lowest BCUT2D eigenvalue weighted by atomic mass is 9.79. The molecule has 88 valence electrons. The van der Waals surface area contributed by atoms with Gasteiger partial charge in [0, 0.05) is 6.54 Å². The van der Waals surface area contributed by atoms with Crippen molar-refractivity contribution in [1.29, 1.82) is 0 Å². The van der Waals surface area contributed by atoms with Crippen LogP contribution in [0.3, 0.4) is 0 Å². The SMILES string of the molecule is CC1(O)CNCCC1Cc1cccc(O)c1. The molecule has 1 fully saturated rings. The lowest BCUT2D eigenvalue weighted by Crippen LogP contribution is -2.50. The number of rotatable bonds is 2. The summed E-state index contributed by atoms with van der Waals surface area (Å²) in [6.45, 7) is 3.49. The Morgan fingerprint density at radius 3 is 3.00 bits per heavy atom. The molecule has 2 unspecified atom stereocenters. The van der Waals surface area contributed by atoms with Crippen LogP contribution in [0.4, 0.5) is 0 Å². The van der Waals surface area contributed by atoms with Gasteiger partial charge in [-0.2, -0.15) is 0 Å². The van der Waals surface area contributed by atoms with Crippen LogP contribution in [-0.2, 0) is 6.42 Å². The third-order valence-electron chi connectivity index (χ3n) is 3.42. The standard InChI is InChI=1S/C13H19NO2/c1-13(16)9-14-6-5-11(13)7-10-3-2-4-12(15)8-10/h2-4,8,11,14-16H,5-7,9H2,1H3. The highest BCUT2D eigenvalue weighted by atomic mass is 16.3. The van der Waals surface area contributed by atoms with E-state index in [1.807, 2.05) is 19.1 Å². The monoisotopic (exact) mass is 221 g/mol. The van der Waals surface area contributed by atoms with Crippen LogP contribution in [0.1, 0.15) is 18.9 Å². The highest BCUT2D eigenvalue weighted by molar-refractivity contribution is 5.27. The number of aromatic hydroxyl groups is 1. The number of phenolic OH excluding ortho intramolecular Hbond substituents is 1. The topological polar surface area (TPSA) is 52.5 Å². The van der Waals surface area contributed by atoms with Crippen molar-refractivity contribution in [3.63, 3.8) is 0 Å². The number of benzene rings is 1. The van der Waals surface area contributed by atoms with Crippen molar-refractivity contribution < 1.29 is 10.2 Å². The number of aliphatic hydroxyl groups is 1. The van der Waals surface area contributed by atoms with Crippen molar-refractivity contribution >= 4 is 0 Å². The number of hydrogen-bond donors (Lipinski definition) is 3. The summed E-state index contributed by atoms with van der Waals surface area (Å²) in [5.74, 6) is 0.557. The minimum Gasteiger partial charge on any atom is -0.508 e. The Kier molecular flexibility index (Phi) is 3.17. The van der Waals surface area contributed by atoms with Gasteiger partial charge in [0.15, 0.2) is 0 Å². The number of β-amino-alcohol motifs (C(OH)–C–C–N with tert-alkyl or cyclic N) is 1. The first-order valence-electron chi connectivity index (χ1n) is 5.79. The van der Waals surface area contributed by atoms with Crippen LogP contribution in [0.15, 0.2) is 24.3 Å². The fraction of sp³-hybridized carbons (Fsp3) is 0.538. The van der Waals surface area contributed by atoms with E-state index in [0.29, 0.717) is 12.3 Å². The smallest absolute Gasteiger partial charge is 0.115 e. The Hall–Kier alpha value is -1.06. The number of piperidine rings is 1. The summed E-state index contributed by atoms with van der Waals surface area (Å²) in [5.41, 5.74) is 0.441. The second-order valence-electron chi connectivity index (χ2n) is 4.89. The molecule has 0 amide bonds. The van der Waals surface area contributed by atoms with Crippen LogP contribution < -0.4 is 5.32 Å². The number of nitrogens with one attached hydrogen (secondary N) is 1. The Labute approximate surface area is 96.1 Å². The molecule has 1 saturated heterocycles. The highest BCUT2D eigenvalue weighted by Gasteiger charge is 2.34. The molecule has 2 atom stereocenters. The van der Waals surface area contributed by atoms with Gasteiger partial charge in [-0.1, -0.05) is 12.1 Å². The van der Waals surface area contributed by atoms with Crippen molar-refractivity contribution in [3.8, 4) is 5.75 Å². The van der Waals surface area contributed by atoms with Crippen molar-refractivity contribution in [1.82, 2.24) is 5.32 Å². The third kappa shape index (κ3) is 2.54. The van der Waals surface area contributed by atoms with Gasteiger partial charge in [-0.15, -0.1) is 0 Å². The number of hydrogen-bond acceptors (Lipinski definition) is 3. The molecule has 1 aliphatic heterocycles. The van der Waals surface area contributed by atoms with Crippen molar-refractivity contribution in [2.24, 2.45) is 5.92 Å². The molecule has 0 radical (unpaired) electrons. The largest absolute Gasteiger partial charge is 0.508 e. The van der Waals surface area contributed by atoms with Gasteiger partial charge in [-0.3, -0.25) is 0 Å². The Morgan fingerprint density at radius 1 is 1.50 bits per heavy atom. The molecule has 1 aromatic rings. The fourth-order valence-electron chi connectivity index (χ4n) is 2.36. The Balaban J connectivity index is 2.08. The zero-order chi connectivity index (χ0) is 11.6. The van der Waals surface area contributed by atoms with Crippen LogP contribution >= 0.6 is 0 Å². The highest BCUT2D eigenvalue weighted by Crippen LogP contribution is 2.27. The minimum atomic E-state index is -0.649. The van der Waals surface area contributed by atoms with Crippen molar-refractivity contribution in [2.75, 3.05) is 13.1 Å². The van der Waals surface area contributed by atoms with Crippen LogP contribution in [-0.4, -0.2) is 28.9 Å². The summed E-state index contributed by atoms with van der Waals surface area (Å²) in [4.78, 5) is 0. The van der Waals surface area contributed by atoms with Gasteiger partial charge in [-0.25, -0.2) is 0 Å². The molecule has 0 saturated carbocycles. The molecule has 0 aromatic heterocycles. The molecule has 1 heterocycles. The molecular weight excluding hydrogens is 202 g/mol. The number of phenols is 1. The van der Waals surface area contributed by atoms with E-state index in [1.54, 1.807) is 12.1 Å². The van der Waals surface area contributed by atoms with Gasteiger partial charge in [-0.05, 0) is 49.9 Å². The van der Waals surface area contributed by atoms with Crippen LogP contribution in [0.2, 0.25) is 0 Å². The molecule has 3 heteroatoms. The molecule has 0 aliphatic carbocycles. The predicted molar refractivity (Wildman–Crippen MR) is 63.4 cm³/mol. The molecule has 3 N–H and O–H groups in total. The van der Waals surface area contributed by atoms with Gasteiger partial charge in [0.05, 0.1) is 5.60 Å². The van der Waals surface area contributed by atoms with Crippen molar-refractivity contribution in [2.45, 2.75) is 25.4 Å². The molecule has 1 aliphatic rings. The van der Waals surface area contributed by atoms with Gasteiger partial charge < -0.3 is 15.5 Å². The van der Waals surface area contributed by atoms with E-state index in [0.717, 1.165) is 24.9 Å². The normalized spacial score (nSPS) is 30.2. The summed E-state index contributed by atoms with van der Waals surface area (Å²) in [7, 11) is 0. The maximum atomic E-state index is 10.2. The lowest BCUT2D eigenvalue weighted by Gasteiger charge is -2.37. The Morgan fingerprint density at radius 2 is 2.31 bits per heavy atom. The van der Waals surface area contributed by atoms with E-state index >= 15 is 0 Å². The fourth-order valence-corrected chi connectivity index (χ4v) is 2.36. The van der Waals surface area contributed by atoms with Crippen LogP contribution in [0.5, 0.6) is 5.75 Å². The molecule has 2 rings (SSSR count). The lowest BCUT2D eigenvalue weighted by molar-refractivity contribution is -0.0192. The molecule has 0 bridgehead atoms. The zero-order valence-corrected chi connectivity index (χ0v) is 9.61. The molecule has 0 spiro atoms. The molecule has 16 heavy (non-hydrogen) atoms. The van der Waals surface area contributed by atoms with Crippen LogP contribution in [0.25, 0.3) is 0 Å². The zero-order valence-electron chi connectivity index (χ0n) is 9.61. The van der Waals surface area contributed by atoms with E-state index in [2.05, 4.69) is 5.32 Å². The Bertz CT molecular complexity index is 363. The third-order valence-corrected chi connectivity index (χ3v) is 3.42. The van der Waals surface area contributed by atoms with Gasteiger partial charge >= 0.3 is 0 Å². The van der Waals surface area contributed by atoms with Gasteiger partial charge in [0.2, 0.25) is 0 Å². The van der Waals surface area contributed by atoms with E-state index in [4.69, 9.17) is 0 Å². The van der Waals surface area contributed by atoms with E-state index < -0.39 is 5.60 Å². The summed E-state index contributed by atoms with van der Waals surface area (Å²) >= 11 is 0. The second-order valence-corrected chi connectivity index (χ2v) is 4.89. The minimum absolute atomic E-state index is 0.260. The van der Waals surface area contributed by atoms with Crippen LogP contribution in [0, 0.1) is 5.92 Å². The first-order chi connectivity index (χ1) is 7.58. The summed E-state index contributed by atoms with van der Waals surface area (Å²) in [6.07, 6.45) is 1.80. The summed E-state index contributed by atoms with van der Waals surface area (Å²) in [5, 5.41) is 22.8. The molecule has 1 aromatic carbocycles. The first-order valence-corrected chi connectivity index (χ1v) is 5.79. The summed E-state index contributed by atoms with van der Waals surface area (Å²) < 4.78 is 0. The van der Waals surface area contributed by atoms with Gasteiger partial charge in [0.1, 0.15) is 5.75 Å². The van der Waals surface area contributed by atoms with Gasteiger partial charge in [0.25, 0.3) is 0 Å². The van der Waals surface area contributed by atoms with E-state index in [1.165, 1.54) is 0 Å². The average molecular weight is 221 g/mol. The average Bonchev–Trinajstić information content (AvgIpc) is 2.21. The van der Waals surface area contributed by atoms with Crippen molar-refractivity contribution in [3.05, 3.63) is 29.8 Å². The maximum Gasteiger partial charge on any atom is 0.115 e.